The number of hydrogen-bond acceptors (Lipinski definition) is 7. The van der Waals surface area contributed by atoms with E-state index in [1.54, 1.807) is 60.3 Å². The molecule has 0 aliphatic carbocycles. The van der Waals surface area contributed by atoms with Crippen LogP contribution in [0.1, 0.15) is 48.4 Å². The molecule has 0 saturated carbocycles. The van der Waals surface area contributed by atoms with Gasteiger partial charge in [-0.15, -0.1) is 11.3 Å². The summed E-state index contributed by atoms with van der Waals surface area (Å²) in [6.45, 7) is 7.87. The molecule has 218 valence electrons. The second-order valence-electron chi connectivity index (χ2n) is 10.7. The molecule has 0 bridgehead atoms. The van der Waals surface area contributed by atoms with Crippen LogP contribution in [0.3, 0.4) is 0 Å². The van der Waals surface area contributed by atoms with Gasteiger partial charge in [-0.1, -0.05) is 25.1 Å². The number of amides is 4. The zero-order valence-corrected chi connectivity index (χ0v) is 24.8. The molecule has 11 heteroatoms. The van der Waals surface area contributed by atoms with Crippen molar-refractivity contribution < 1.29 is 24.2 Å². The number of aliphatic hydroxyl groups is 1. The van der Waals surface area contributed by atoms with Gasteiger partial charge >= 0.3 is 6.03 Å². The molecular formula is C30H37N5O5S. The molecule has 4 rings (SSSR count). The minimum Gasteiger partial charge on any atom is -0.485 e. The Morgan fingerprint density at radius 1 is 1.20 bits per heavy atom. The average molecular weight is 580 g/mol. The number of ether oxygens (including phenoxy) is 1. The summed E-state index contributed by atoms with van der Waals surface area (Å²) in [4.78, 5) is 47.1. The molecule has 1 aromatic heterocycles. The highest BCUT2D eigenvalue weighted by molar-refractivity contribution is 7.13. The van der Waals surface area contributed by atoms with Crippen molar-refractivity contribution >= 4 is 34.9 Å². The van der Waals surface area contributed by atoms with Crippen LogP contribution in [0.2, 0.25) is 0 Å². The molecule has 41 heavy (non-hydrogen) atoms. The van der Waals surface area contributed by atoms with E-state index >= 15 is 0 Å². The minimum atomic E-state index is -0.506. The number of hydrogen-bond donors (Lipinski definition) is 3. The third-order valence-corrected chi connectivity index (χ3v) is 7.80. The van der Waals surface area contributed by atoms with Crippen LogP contribution in [0.25, 0.3) is 10.6 Å². The van der Waals surface area contributed by atoms with Gasteiger partial charge in [-0.2, -0.15) is 0 Å². The number of fused-ring (bicyclic) bond motifs is 1. The summed E-state index contributed by atoms with van der Waals surface area (Å²) >= 11 is 1.52. The molecule has 3 atom stereocenters. The first kappa shape index (κ1) is 30.0. The summed E-state index contributed by atoms with van der Waals surface area (Å²) in [7, 11) is 1.69. The van der Waals surface area contributed by atoms with Gasteiger partial charge in [0.1, 0.15) is 11.1 Å². The lowest BCUT2D eigenvalue weighted by atomic mass is 9.99. The van der Waals surface area contributed by atoms with Gasteiger partial charge in [-0.3, -0.25) is 9.59 Å². The number of carbonyl (C=O) groups is 3. The Morgan fingerprint density at radius 3 is 2.56 bits per heavy atom. The van der Waals surface area contributed by atoms with Gasteiger partial charge in [-0.05, 0) is 45.0 Å². The lowest BCUT2D eigenvalue weighted by Crippen LogP contribution is -2.51. The number of carbonyl (C=O) groups excluding carboxylic acids is 3. The molecule has 0 saturated heterocycles. The Labute approximate surface area is 244 Å². The Morgan fingerprint density at radius 2 is 1.93 bits per heavy atom. The van der Waals surface area contributed by atoms with Crippen molar-refractivity contribution in [3.8, 4) is 16.3 Å². The van der Waals surface area contributed by atoms with Gasteiger partial charge in [0.05, 0.1) is 30.4 Å². The maximum Gasteiger partial charge on any atom is 0.317 e. The molecule has 2 aromatic carbocycles. The summed E-state index contributed by atoms with van der Waals surface area (Å²) in [5.74, 6) is -0.630. The Bertz CT molecular complexity index is 1360. The molecule has 4 amide bonds. The Balaban J connectivity index is 1.66. The maximum absolute atomic E-state index is 13.7. The predicted molar refractivity (Wildman–Crippen MR) is 159 cm³/mol. The molecule has 10 nitrogen and oxygen atoms in total. The van der Waals surface area contributed by atoms with E-state index in [1.807, 2.05) is 38.3 Å². The highest BCUT2D eigenvalue weighted by Crippen LogP contribution is 2.35. The average Bonchev–Trinajstić information content (AvgIpc) is 3.49. The number of urea groups is 1. The highest BCUT2D eigenvalue weighted by Gasteiger charge is 2.35. The normalized spacial score (nSPS) is 17.6. The number of nitrogens with one attached hydrogen (secondary N) is 2. The van der Waals surface area contributed by atoms with Gasteiger partial charge in [0.25, 0.3) is 11.8 Å². The van der Waals surface area contributed by atoms with E-state index in [2.05, 4.69) is 15.6 Å². The molecular weight excluding hydrogens is 542 g/mol. The second kappa shape index (κ2) is 13.1. The molecule has 1 aliphatic rings. The quantitative estimate of drug-likeness (QED) is 0.365. The predicted octanol–water partition coefficient (Wildman–Crippen LogP) is 4.33. The largest absolute Gasteiger partial charge is 0.485 e. The van der Waals surface area contributed by atoms with E-state index in [-0.39, 0.29) is 54.3 Å². The molecule has 0 spiro atoms. The van der Waals surface area contributed by atoms with Crippen LogP contribution >= 0.6 is 11.3 Å². The van der Waals surface area contributed by atoms with Crippen LogP contribution in [0, 0.1) is 5.92 Å². The summed E-state index contributed by atoms with van der Waals surface area (Å²) in [6, 6.07) is 11.4. The topological polar surface area (TPSA) is 124 Å². The fraction of sp³-hybridized carbons (Fsp3) is 0.400. The first-order valence-corrected chi connectivity index (χ1v) is 14.5. The monoisotopic (exact) mass is 579 g/mol. The SMILES string of the molecule is CC(C)NC(=O)N(C)C[C@H]1Oc2c(NC(=O)c3ccc(-c4nccs4)cc3)cccc2C(=O)N([C@H](C)CO)C[C@H]1C. The number of aliphatic hydroxyl groups excluding tert-OH is 1. The van der Waals surface area contributed by atoms with Crippen molar-refractivity contribution in [2.45, 2.75) is 45.9 Å². The molecule has 0 fully saturated rings. The van der Waals surface area contributed by atoms with Gasteiger partial charge in [0, 0.05) is 48.3 Å². The van der Waals surface area contributed by atoms with Gasteiger partial charge in [-0.25, -0.2) is 9.78 Å². The summed E-state index contributed by atoms with van der Waals surface area (Å²) < 4.78 is 6.49. The van der Waals surface area contributed by atoms with Crippen molar-refractivity contribution in [1.82, 2.24) is 20.1 Å². The molecule has 3 N–H and O–H groups in total. The molecule has 0 unspecified atom stereocenters. The number of rotatable bonds is 8. The number of likely N-dealkylation sites (N-methyl/N-ethyl adjacent to an activating group) is 1. The van der Waals surface area contributed by atoms with Gasteiger partial charge in [0.2, 0.25) is 0 Å². The third kappa shape index (κ3) is 7.04. The Hall–Kier alpha value is -3.96. The van der Waals surface area contributed by atoms with Crippen molar-refractivity contribution in [3.05, 3.63) is 65.2 Å². The zero-order chi connectivity index (χ0) is 29.7. The first-order valence-electron chi connectivity index (χ1n) is 13.6. The van der Waals surface area contributed by atoms with Crippen molar-refractivity contribution in [2.75, 3.05) is 32.1 Å². The van der Waals surface area contributed by atoms with E-state index in [1.165, 1.54) is 11.3 Å². The van der Waals surface area contributed by atoms with Gasteiger partial charge < -0.3 is 30.3 Å². The van der Waals surface area contributed by atoms with E-state index in [0.29, 0.717) is 17.8 Å². The molecule has 2 heterocycles. The van der Waals surface area contributed by atoms with E-state index < -0.39 is 12.1 Å². The van der Waals surface area contributed by atoms with Crippen LogP contribution in [0.4, 0.5) is 10.5 Å². The maximum atomic E-state index is 13.7. The molecule has 3 aromatic rings. The number of aromatic nitrogens is 1. The Kier molecular flexibility index (Phi) is 9.61. The van der Waals surface area contributed by atoms with E-state index in [0.717, 1.165) is 10.6 Å². The summed E-state index contributed by atoms with van der Waals surface area (Å²) in [5, 5.41) is 18.5. The van der Waals surface area contributed by atoms with Crippen LogP contribution in [-0.2, 0) is 0 Å². The van der Waals surface area contributed by atoms with Crippen molar-refractivity contribution in [2.24, 2.45) is 5.92 Å². The summed E-state index contributed by atoms with van der Waals surface area (Å²) in [6.07, 6.45) is 1.23. The summed E-state index contributed by atoms with van der Waals surface area (Å²) in [5.41, 5.74) is 1.96. The van der Waals surface area contributed by atoms with Crippen molar-refractivity contribution in [3.63, 3.8) is 0 Å². The number of nitrogens with zero attached hydrogens (tertiary/aromatic N) is 3. The zero-order valence-electron chi connectivity index (χ0n) is 24.0. The fourth-order valence-corrected chi connectivity index (χ4v) is 5.24. The smallest absolute Gasteiger partial charge is 0.317 e. The number of benzene rings is 2. The third-order valence-electron chi connectivity index (χ3n) is 6.98. The first-order chi connectivity index (χ1) is 19.6. The van der Waals surface area contributed by atoms with E-state index in [9.17, 15) is 19.5 Å². The lowest BCUT2D eigenvalue weighted by Gasteiger charge is -2.38. The van der Waals surface area contributed by atoms with Crippen molar-refractivity contribution in [1.29, 1.82) is 0 Å². The fourth-order valence-electron chi connectivity index (χ4n) is 4.59. The lowest BCUT2D eigenvalue weighted by molar-refractivity contribution is 0.0368. The molecule has 0 radical (unpaired) electrons. The highest BCUT2D eigenvalue weighted by atomic mass is 32.1. The van der Waals surface area contributed by atoms with Crippen LogP contribution < -0.4 is 15.4 Å². The van der Waals surface area contributed by atoms with E-state index in [4.69, 9.17) is 4.74 Å². The van der Waals surface area contributed by atoms with Crippen LogP contribution in [0.15, 0.2) is 54.0 Å². The standard InChI is InChI=1S/C30H37N5O5S/c1-18(2)32-30(39)34(5)16-25-19(3)15-35(20(4)17-36)29(38)23-7-6-8-24(26(23)40-25)33-27(37)21-9-11-22(12-10-21)28-31-13-14-41-28/h6-14,18-20,25,36H,15-17H2,1-5H3,(H,32,39)(H,33,37)/t19-,20-,25-/m1/s1. The van der Waals surface area contributed by atoms with Crippen LogP contribution in [0.5, 0.6) is 5.75 Å². The van der Waals surface area contributed by atoms with Gasteiger partial charge in [0.15, 0.2) is 5.75 Å². The van der Waals surface area contributed by atoms with Crippen LogP contribution in [-0.4, -0.2) is 82.7 Å². The molecule has 1 aliphatic heterocycles. The second-order valence-corrected chi connectivity index (χ2v) is 11.6. The number of anilines is 1. The number of thiazole rings is 1. The number of para-hydroxylation sites is 1. The minimum absolute atomic E-state index is 0.0303.